The van der Waals surface area contributed by atoms with E-state index in [2.05, 4.69) is 343 Å². The quantitative estimate of drug-likeness (QED) is 0.129. The van der Waals surface area contributed by atoms with Gasteiger partial charge in [-0.05, 0) is 188 Å². The Balaban J connectivity index is 0.739. The van der Waals surface area contributed by atoms with Gasteiger partial charge in [0.15, 0.2) is 0 Å². The van der Waals surface area contributed by atoms with Crippen molar-refractivity contribution in [3.8, 4) is 77.9 Å². The van der Waals surface area contributed by atoms with E-state index in [1.807, 2.05) is 12.1 Å². The van der Waals surface area contributed by atoms with Crippen molar-refractivity contribution in [3.63, 3.8) is 0 Å². The largest absolute Gasteiger partial charge is 0.455 e. The van der Waals surface area contributed by atoms with Crippen LogP contribution >= 0.6 is 0 Å². The van der Waals surface area contributed by atoms with Gasteiger partial charge in [-0.2, -0.15) is 0 Å². The van der Waals surface area contributed by atoms with Crippen molar-refractivity contribution in [1.82, 2.24) is 0 Å². The third-order valence-electron chi connectivity index (χ3n) is 21.0. The van der Waals surface area contributed by atoms with Crippen molar-refractivity contribution in [2.24, 2.45) is 0 Å². The van der Waals surface area contributed by atoms with Crippen LogP contribution in [0.25, 0.3) is 122 Å². The molecule has 4 nitrogen and oxygen atoms in total. The minimum absolute atomic E-state index is 0.0977. The molecular formula is C92H68N2O2. The molecule has 0 fully saturated rings. The maximum Gasteiger partial charge on any atom is 0.143 e. The van der Waals surface area contributed by atoms with Crippen molar-refractivity contribution in [2.75, 3.05) is 9.80 Å². The van der Waals surface area contributed by atoms with Crippen molar-refractivity contribution in [1.29, 1.82) is 0 Å². The van der Waals surface area contributed by atoms with E-state index in [1.54, 1.807) is 0 Å². The Hall–Kier alpha value is -11.7. The molecule has 2 heterocycles. The number of nitrogens with zero attached hydrogens (tertiary/aromatic N) is 2. The van der Waals surface area contributed by atoms with Crippen LogP contribution in [-0.4, -0.2) is 0 Å². The molecule has 16 aromatic rings. The highest BCUT2D eigenvalue weighted by Crippen LogP contribution is 2.53. The zero-order valence-electron chi connectivity index (χ0n) is 54.6. The third-order valence-corrected chi connectivity index (χ3v) is 21.0. The average molecular weight is 1230 g/mol. The molecule has 0 aliphatic heterocycles. The molecule has 18 rings (SSSR count). The molecule has 2 aliphatic rings. The Morgan fingerprint density at radius 1 is 0.240 bits per heavy atom. The number of furan rings is 2. The van der Waals surface area contributed by atoms with Gasteiger partial charge in [-0.1, -0.05) is 246 Å². The summed E-state index contributed by atoms with van der Waals surface area (Å²) in [6.07, 6.45) is 0. The van der Waals surface area contributed by atoms with E-state index in [-0.39, 0.29) is 10.8 Å². The van der Waals surface area contributed by atoms with Gasteiger partial charge in [0.1, 0.15) is 22.3 Å². The smallest absolute Gasteiger partial charge is 0.143 e. The molecule has 14 aromatic carbocycles. The number of fused-ring (bicyclic) bond motifs is 12. The lowest BCUT2D eigenvalue weighted by Crippen LogP contribution is -2.14. The monoisotopic (exact) mass is 1230 g/mol. The highest BCUT2D eigenvalue weighted by Gasteiger charge is 2.37. The predicted molar refractivity (Wildman–Crippen MR) is 402 cm³/mol. The number of hydrogen-bond donors (Lipinski definition) is 0. The fourth-order valence-corrected chi connectivity index (χ4v) is 16.1. The van der Waals surface area contributed by atoms with E-state index in [9.17, 15) is 0 Å². The summed E-state index contributed by atoms with van der Waals surface area (Å²) in [5.74, 6) is 0. The van der Waals surface area contributed by atoms with Crippen LogP contribution in [0, 0.1) is 13.8 Å². The van der Waals surface area contributed by atoms with Crippen LogP contribution in [0.2, 0.25) is 0 Å². The van der Waals surface area contributed by atoms with Gasteiger partial charge in [0.2, 0.25) is 0 Å². The van der Waals surface area contributed by atoms with Crippen LogP contribution < -0.4 is 9.80 Å². The molecule has 2 aliphatic carbocycles. The Bertz CT molecular complexity index is 5460. The van der Waals surface area contributed by atoms with Gasteiger partial charge in [-0.3, -0.25) is 0 Å². The molecular weight excluding hydrogens is 1170 g/mol. The van der Waals surface area contributed by atoms with E-state index >= 15 is 0 Å². The molecule has 0 saturated carbocycles. The molecule has 0 bridgehead atoms. The second-order valence-electron chi connectivity index (χ2n) is 27.2. The summed E-state index contributed by atoms with van der Waals surface area (Å²) >= 11 is 0. The first kappa shape index (κ1) is 57.0. The molecule has 0 unspecified atom stereocenters. The fraction of sp³-hybridized carbons (Fsp3) is 0.0870. The van der Waals surface area contributed by atoms with Crippen LogP contribution in [0.3, 0.4) is 0 Å². The lowest BCUT2D eigenvalue weighted by molar-refractivity contribution is 0.660. The van der Waals surface area contributed by atoms with Crippen LogP contribution in [0.5, 0.6) is 0 Å². The van der Waals surface area contributed by atoms with Gasteiger partial charge in [0.25, 0.3) is 0 Å². The van der Waals surface area contributed by atoms with Crippen LogP contribution in [0.4, 0.5) is 34.1 Å². The molecule has 0 amide bonds. The number of rotatable bonds is 11. The number of benzene rings is 14. The normalized spacial score (nSPS) is 13.3. The maximum atomic E-state index is 6.76. The molecule has 2 aromatic heterocycles. The van der Waals surface area contributed by atoms with Crippen molar-refractivity contribution >= 4 is 78.0 Å². The fourth-order valence-electron chi connectivity index (χ4n) is 16.1. The number of hydrogen-bond acceptors (Lipinski definition) is 4. The first-order valence-electron chi connectivity index (χ1n) is 33.5. The molecule has 4 heteroatoms. The molecule has 0 saturated heterocycles. The number of aryl methyl sites for hydroxylation is 2. The third kappa shape index (κ3) is 8.96. The topological polar surface area (TPSA) is 32.8 Å². The second kappa shape index (κ2) is 21.9. The average Bonchev–Trinajstić information content (AvgIpc) is 1.55. The Morgan fingerprint density at radius 2 is 0.562 bits per heavy atom. The summed E-state index contributed by atoms with van der Waals surface area (Å²) in [5.41, 5.74) is 34.1. The molecule has 96 heavy (non-hydrogen) atoms. The molecule has 0 atom stereocenters. The first-order chi connectivity index (χ1) is 46.9. The van der Waals surface area contributed by atoms with Crippen LogP contribution in [0.15, 0.2) is 312 Å². The lowest BCUT2D eigenvalue weighted by atomic mass is 9.81. The standard InChI is InChI=1S/C92H68N2O2/c1-57-53-61(43-51-83(57)93(85-33-15-9-23-71(85)75-27-19-29-77-73-25-11-17-35-87(73)95-89(75)77)65-45-37-59(38-46-65)63-41-49-69-67-21-7-13-31-79(67)91(3,4)81(69)55-63)62-44-52-84(58(2)54-62)94(86-34-16-10-24-72(86)76-28-20-30-78-74-26-12-18-36-88(74)96-90(76)78)66-47-39-60(40-48-66)64-42-50-70-68-22-8-14-32-80(68)92(5,6)82(70)56-64/h7-56H,1-6H3. The molecule has 458 valence electrons. The zero-order valence-corrected chi connectivity index (χ0v) is 54.6. The van der Waals surface area contributed by atoms with E-state index < -0.39 is 0 Å². The van der Waals surface area contributed by atoms with Gasteiger partial charge in [0, 0.05) is 77.4 Å². The van der Waals surface area contributed by atoms with Gasteiger partial charge in [0.05, 0.1) is 11.4 Å². The van der Waals surface area contributed by atoms with Crippen molar-refractivity contribution < 1.29 is 8.83 Å². The van der Waals surface area contributed by atoms with Crippen molar-refractivity contribution in [3.05, 3.63) is 337 Å². The molecule has 0 N–H and O–H groups in total. The lowest BCUT2D eigenvalue weighted by Gasteiger charge is -2.30. The SMILES string of the molecule is Cc1cc(-c2ccc(N(c3ccc(-c4ccc5c(c4)C(C)(C)c4ccccc4-5)cc3)c3ccccc3-c3cccc4c3oc3ccccc34)c(C)c2)ccc1N(c1ccc(-c2ccc3c(c2)C(C)(C)c2ccccc2-3)cc1)c1ccccc1-c1cccc2c1oc1ccccc12. The first-order valence-corrected chi connectivity index (χ1v) is 33.5. The minimum atomic E-state index is -0.0977. The van der Waals surface area contributed by atoms with Gasteiger partial charge < -0.3 is 18.6 Å². The van der Waals surface area contributed by atoms with Gasteiger partial charge in [-0.15, -0.1) is 0 Å². The molecule has 0 spiro atoms. The zero-order chi connectivity index (χ0) is 64.6. The highest BCUT2D eigenvalue weighted by atomic mass is 16.3. The summed E-state index contributed by atoms with van der Waals surface area (Å²) < 4.78 is 13.5. The van der Waals surface area contributed by atoms with Gasteiger partial charge in [-0.25, -0.2) is 0 Å². The summed E-state index contributed by atoms with van der Waals surface area (Å²) in [6, 6.07) is 111. The Morgan fingerprint density at radius 3 is 0.990 bits per heavy atom. The minimum Gasteiger partial charge on any atom is -0.455 e. The predicted octanol–water partition coefficient (Wildman–Crippen LogP) is 26.0. The Labute approximate surface area is 560 Å². The summed E-state index contributed by atoms with van der Waals surface area (Å²) in [7, 11) is 0. The highest BCUT2D eigenvalue weighted by molar-refractivity contribution is 6.12. The summed E-state index contributed by atoms with van der Waals surface area (Å²) in [6.45, 7) is 13.9. The molecule has 0 radical (unpaired) electrons. The number of para-hydroxylation sites is 6. The summed E-state index contributed by atoms with van der Waals surface area (Å²) in [5, 5.41) is 4.42. The number of anilines is 6. The van der Waals surface area contributed by atoms with Crippen molar-refractivity contribution in [2.45, 2.75) is 52.4 Å². The van der Waals surface area contributed by atoms with E-state index in [0.717, 1.165) is 123 Å². The Kier molecular flexibility index (Phi) is 13.0. The van der Waals surface area contributed by atoms with Crippen LogP contribution in [0.1, 0.15) is 61.1 Å². The maximum absolute atomic E-state index is 6.76. The van der Waals surface area contributed by atoms with Gasteiger partial charge >= 0.3 is 0 Å². The van der Waals surface area contributed by atoms with E-state index in [1.165, 1.54) is 66.8 Å². The second-order valence-corrected chi connectivity index (χ2v) is 27.2. The van der Waals surface area contributed by atoms with E-state index in [0.29, 0.717) is 0 Å². The summed E-state index contributed by atoms with van der Waals surface area (Å²) in [4.78, 5) is 4.88. The van der Waals surface area contributed by atoms with E-state index in [4.69, 9.17) is 8.83 Å². The van der Waals surface area contributed by atoms with Crippen LogP contribution in [-0.2, 0) is 10.8 Å².